The smallest absolute Gasteiger partial charge is 0.337 e. The molecule has 2 rings (SSSR count). The highest BCUT2D eigenvalue weighted by molar-refractivity contribution is 5.94. The van der Waals surface area contributed by atoms with Crippen LogP contribution in [0.5, 0.6) is 0 Å². The molecule has 1 aromatic heterocycles. The van der Waals surface area contributed by atoms with E-state index in [1.807, 2.05) is 0 Å². The van der Waals surface area contributed by atoms with E-state index >= 15 is 0 Å². The molecule has 6 heteroatoms. The van der Waals surface area contributed by atoms with Crippen LogP contribution in [0.15, 0.2) is 12.1 Å². The molecule has 2 atom stereocenters. The maximum absolute atomic E-state index is 12.3. The summed E-state index contributed by atoms with van der Waals surface area (Å²) in [5, 5.41) is 11.9. The lowest BCUT2D eigenvalue weighted by molar-refractivity contribution is -0.0839. The van der Waals surface area contributed by atoms with Gasteiger partial charge in [-0.2, -0.15) is 0 Å². The molecule has 1 fully saturated rings. The summed E-state index contributed by atoms with van der Waals surface area (Å²) in [6.07, 6.45) is 2.13. The largest absolute Gasteiger partial charge is 0.478 e. The number of nitrogens with zero attached hydrogens (tertiary/aromatic N) is 1. The fraction of sp³-hybridized carbons (Fsp3) is 0.611. The fourth-order valence-electron chi connectivity index (χ4n) is 3.24. The first-order valence-corrected chi connectivity index (χ1v) is 8.31. The third-order valence-electron chi connectivity index (χ3n) is 4.37. The van der Waals surface area contributed by atoms with Gasteiger partial charge in [-0.25, -0.2) is 9.78 Å². The number of amides is 1. The number of carbonyl (C=O) groups is 2. The van der Waals surface area contributed by atoms with Crippen molar-refractivity contribution in [1.82, 2.24) is 10.3 Å². The number of aryl methyl sites for hydroxylation is 1. The predicted molar refractivity (Wildman–Crippen MR) is 90.2 cm³/mol. The Morgan fingerprint density at radius 1 is 1.38 bits per heavy atom. The molecule has 0 radical (unpaired) electrons. The first-order chi connectivity index (χ1) is 11.2. The Hall–Kier alpha value is -1.95. The van der Waals surface area contributed by atoms with Crippen molar-refractivity contribution in [1.29, 1.82) is 0 Å². The van der Waals surface area contributed by atoms with Gasteiger partial charge in [0.1, 0.15) is 5.69 Å². The minimum atomic E-state index is -1.04. The number of nitrogens with one attached hydrogen (secondary N) is 1. The van der Waals surface area contributed by atoms with E-state index < -0.39 is 5.97 Å². The molecule has 0 saturated carbocycles. The molecule has 1 aliphatic heterocycles. The molecule has 1 saturated heterocycles. The predicted octanol–water partition coefficient (Wildman–Crippen LogP) is 2.66. The van der Waals surface area contributed by atoms with Crippen molar-refractivity contribution in [3.8, 4) is 0 Å². The van der Waals surface area contributed by atoms with E-state index in [1.165, 1.54) is 12.1 Å². The van der Waals surface area contributed by atoms with Crippen molar-refractivity contribution in [3.63, 3.8) is 0 Å². The highest BCUT2D eigenvalue weighted by atomic mass is 16.5. The number of carbonyl (C=O) groups excluding carboxylic acids is 1. The molecule has 2 unspecified atom stereocenters. The molecule has 1 aliphatic rings. The van der Waals surface area contributed by atoms with Crippen LogP contribution in [0.25, 0.3) is 0 Å². The van der Waals surface area contributed by atoms with Gasteiger partial charge in [0.25, 0.3) is 5.91 Å². The van der Waals surface area contributed by atoms with Gasteiger partial charge < -0.3 is 15.2 Å². The summed E-state index contributed by atoms with van der Waals surface area (Å²) >= 11 is 0. The van der Waals surface area contributed by atoms with E-state index in [1.54, 1.807) is 6.92 Å². The van der Waals surface area contributed by atoms with Gasteiger partial charge >= 0.3 is 5.97 Å². The highest BCUT2D eigenvalue weighted by Crippen LogP contribution is 2.33. The lowest BCUT2D eigenvalue weighted by Gasteiger charge is -2.40. The maximum Gasteiger partial charge on any atom is 0.337 e. The minimum absolute atomic E-state index is 0.0216. The number of hydrogen-bond donors (Lipinski definition) is 2. The number of rotatable bonds is 4. The number of pyridine rings is 1. The zero-order valence-electron chi connectivity index (χ0n) is 14.8. The van der Waals surface area contributed by atoms with Crippen LogP contribution in [0.4, 0.5) is 0 Å². The quantitative estimate of drug-likeness (QED) is 0.884. The second-order valence-electron chi connectivity index (χ2n) is 7.40. The van der Waals surface area contributed by atoms with Crippen molar-refractivity contribution in [2.75, 3.05) is 13.2 Å². The summed E-state index contributed by atoms with van der Waals surface area (Å²) in [5.74, 6) is -1.06. The number of hydrogen-bond acceptors (Lipinski definition) is 4. The van der Waals surface area contributed by atoms with E-state index in [-0.39, 0.29) is 34.6 Å². The average molecular weight is 334 g/mol. The lowest BCUT2D eigenvalue weighted by atomic mass is 9.78. The summed E-state index contributed by atoms with van der Waals surface area (Å²) in [6.45, 7) is 9.32. The molecule has 132 valence electrons. The molecule has 6 nitrogen and oxygen atoms in total. The zero-order chi connectivity index (χ0) is 17.9. The summed E-state index contributed by atoms with van der Waals surface area (Å²) in [7, 11) is 0. The average Bonchev–Trinajstić information content (AvgIpc) is 2.51. The Morgan fingerprint density at radius 3 is 2.67 bits per heavy atom. The van der Waals surface area contributed by atoms with Crippen LogP contribution < -0.4 is 5.32 Å². The van der Waals surface area contributed by atoms with Gasteiger partial charge in [0, 0.05) is 19.1 Å². The number of aromatic carboxylic acids is 1. The van der Waals surface area contributed by atoms with Crippen LogP contribution in [-0.2, 0) is 4.74 Å². The van der Waals surface area contributed by atoms with Crippen LogP contribution in [0.3, 0.4) is 0 Å². The molecule has 1 amide bonds. The third-order valence-corrected chi connectivity index (χ3v) is 4.37. The van der Waals surface area contributed by atoms with E-state index in [2.05, 4.69) is 31.1 Å². The molecule has 2 heterocycles. The maximum atomic E-state index is 12.3. The molecule has 0 aliphatic carbocycles. The van der Waals surface area contributed by atoms with Gasteiger partial charge in [0.2, 0.25) is 0 Å². The van der Waals surface area contributed by atoms with Gasteiger partial charge in [-0.1, -0.05) is 20.8 Å². The Morgan fingerprint density at radius 2 is 2.08 bits per heavy atom. The molecule has 24 heavy (non-hydrogen) atoms. The lowest BCUT2D eigenvalue weighted by Crippen LogP contribution is -2.45. The van der Waals surface area contributed by atoms with Gasteiger partial charge in [0.05, 0.1) is 17.4 Å². The summed E-state index contributed by atoms with van der Waals surface area (Å²) in [4.78, 5) is 27.4. The minimum Gasteiger partial charge on any atom is -0.478 e. The molecular weight excluding hydrogens is 308 g/mol. The van der Waals surface area contributed by atoms with Crippen LogP contribution in [0.2, 0.25) is 0 Å². The molecule has 0 spiro atoms. The van der Waals surface area contributed by atoms with Crippen molar-refractivity contribution in [3.05, 3.63) is 29.1 Å². The first-order valence-electron chi connectivity index (χ1n) is 8.31. The summed E-state index contributed by atoms with van der Waals surface area (Å²) < 4.78 is 5.92. The monoisotopic (exact) mass is 334 g/mol. The summed E-state index contributed by atoms with van der Waals surface area (Å²) in [6, 6.07) is 2.87. The van der Waals surface area contributed by atoms with Gasteiger partial charge in [-0.3, -0.25) is 4.79 Å². The summed E-state index contributed by atoms with van der Waals surface area (Å²) in [5.41, 5.74) is 0.707. The molecule has 0 aromatic carbocycles. The normalized spacial score (nSPS) is 21.3. The van der Waals surface area contributed by atoms with Crippen molar-refractivity contribution in [2.45, 2.75) is 46.6 Å². The first kappa shape index (κ1) is 18.4. The van der Waals surface area contributed by atoms with Crippen LogP contribution in [0, 0.1) is 18.3 Å². The number of carboxylic acid groups (broad SMARTS) is 1. The Bertz CT molecular complexity index is 622. The Balaban J connectivity index is 2.02. The third kappa shape index (κ3) is 4.32. The van der Waals surface area contributed by atoms with Crippen LogP contribution >= 0.6 is 0 Å². The molecular formula is C18H26N2O4. The zero-order valence-corrected chi connectivity index (χ0v) is 14.8. The van der Waals surface area contributed by atoms with E-state index in [9.17, 15) is 9.59 Å². The second kappa shape index (κ2) is 7.30. The van der Waals surface area contributed by atoms with Crippen LogP contribution in [0.1, 0.15) is 60.2 Å². The van der Waals surface area contributed by atoms with E-state index in [4.69, 9.17) is 9.84 Å². The van der Waals surface area contributed by atoms with E-state index in [0.717, 1.165) is 19.4 Å². The van der Waals surface area contributed by atoms with Gasteiger partial charge in [-0.05, 0) is 37.3 Å². The molecule has 2 N–H and O–H groups in total. The topological polar surface area (TPSA) is 88.5 Å². The molecule has 1 aromatic rings. The van der Waals surface area contributed by atoms with Crippen LogP contribution in [-0.4, -0.2) is 41.2 Å². The highest BCUT2D eigenvalue weighted by Gasteiger charge is 2.35. The van der Waals surface area contributed by atoms with Crippen molar-refractivity contribution < 1.29 is 19.4 Å². The molecule has 0 bridgehead atoms. The standard InChI is InChI=1S/C18H26N2O4/c1-11-13(17(22)23)7-8-14(20-11)16(21)19-10-12-6-5-9-24-15(12)18(2,3)4/h7-8,12,15H,5-6,9-10H2,1-4H3,(H,19,21)(H,22,23). The van der Waals surface area contributed by atoms with Gasteiger partial charge in [-0.15, -0.1) is 0 Å². The number of ether oxygens (including phenoxy) is 1. The Kier molecular flexibility index (Phi) is 5.59. The Labute approximate surface area is 142 Å². The van der Waals surface area contributed by atoms with E-state index in [0.29, 0.717) is 12.2 Å². The van der Waals surface area contributed by atoms with Crippen molar-refractivity contribution >= 4 is 11.9 Å². The van der Waals surface area contributed by atoms with Gasteiger partial charge in [0.15, 0.2) is 0 Å². The van der Waals surface area contributed by atoms with Crippen molar-refractivity contribution in [2.24, 2.45) is 11.3 Å². The number of aromatic nitrogens is 1. The number of carboxylic acids is 1. The SMILES string of the molecule is Cc1nc(C(=O)NCC2CCCOC2C(C)(C)C)ccc1C(=O)O. The second-order valence-corrected chi connectivity index (χ2v) is 7.40. The fourth-order valence-corrected chi connectivity index (χ4v) is 3.24.